The number of hydrogen-bond donors (Lipinski definition) is 1. The van der Waals surface area contributed by atoms with Crippen LogP contribution >= 0.6 is 23.4 Å². The Balaban J connectivity index is 1.74. The summed E-state index contributed by atoms with van der Waals surface area (Å²) in [7, 11) is 0. The van der Waals surface area contributed by atoms with E-state index in [1.54, 1.807) is 0 Å². The minimum absolute atomic E-state index is 0.613. The lowest BCUT2D eigenvalue weighted by molar-refractivity contribution is 0.232. The van der Waals surface area contributed by atoms with Gasteiger partial charge in [0.1, 0.15) is 0 Å². The average molecular weight is 269 g/mol. The van der Waals surface area contributed by atoms with Crippen molar-refractivity contribution in [2.75, 3.05) is 38.5 Å². The van der Waals surface area contributed by atoms with Gasteiger partial charge in [0.25, 0.3) is 0 Å². The predicted octanol–water partition coefficient (Wildman–Crippen LogP) is 2.43. The van der Waals surface area contributed by atoms with Crippen molar-refractivity contribution >= 4 is 23.4 Å². The van der Waals surface area contributed by atoms with E-state index >= 15 is 0 Å². The molecule has 1 aromatic carbocycles. The Labute approximate surface area is 112 Å². The Morgan fingerprint density at radius 1 is 1.35 bits per heavy atom. The summed E-state index contributed by atoms with van der Waals surface area (Å²) in [5.74, 6) is 1.80. The normalized spacial score (nSPS) is 24.9. The molecule has 2 heterocycles. The fourth-order valence-electron chi connectivity index (χ4n) is 2.66. The molecule has 1 unspecified atom stereocenters. The fraction of sp³-hybridized carbons (Fsp3) is 0.538. The van der Waals surface area contributed by atoms with E-state index in [0.717, 1.165) is 24.7 Å². The van der Waals surface area contributed by atoms with Crippen LogP contribution in [0.2, 0.25) is 5.02 Å². The lowest BCUT2D eigenvalue weighted by Gasteiger charge is -2.29. The first-order valence-electron chi connectivity index (χ1n) is 6.19. The van der Waals surface area contributed by atoms with Crippen LogP contribution in [0.15, 0.2) is 23.1 Å². The van der Waals surface area contributed by atoms with Crippen LogP contribution < -0.4 is 5.32 Å². The van der Waals surface area contributed by atoms with Crippen molar-refractivity contribution in [1.82, 2.24) is 10.2 Å². The summed E-state index contributed by atoms with van der Waals surface area (Å²) in [5, 5.41) is 4.35. The van der Waals surface area contributed by atoms with E-state index < -0.39 is 0 Å². The molecule has 2 aliphatic rings. The molecule has 0 aromatic heterocycles. The largest absolute Gasteiger partial charge is 0.314 e. The van der Waals surface area contributed by atoms with Crippen molar-refractivity contribution < 1.29 is 0 Å². The smallest absolute Gasteiger partial charge is 0.0452 e. The van der Waals surface area contributed by atoms with Crippen molar-refractivity contribution in [3.05, 3.63) is 28.8 Å². The van der Waals surface area contributed by atoms with E-state index in [-0.39, 0.29) is 0 Å². The quantitative estimate of drug-likeness (QED) is 0.887. The highest BCUT2D eigenvalue weighted by Gasteiger charge is 2.27. The molecule has 1 N–H and O–H groups in total. The van der Waals surface area contributed by atoms with Gasteiger partial charge < -0.3 is 10.2 Å². The third-order valence-electron chi connectivity index (χ3n) is 3.55. The molecule has 0 aliphatic carbocycles. The lowest BCUT2D eigenvalue weighted by atomic mass is 10.0. The molecule has 1 aromatic rings. The summed E-state index contributed by atoms with van der Waals surface area (Å²) >= 11 is 8.29. The SMILES string of the molecule is Clc1cccc2c1C(CN1CCNCC1)CS2. The maximum absolute atomic E-state index is 6.34. The van der Waals surface area contributed by atoms with Crippen LogP contribution in [0, 0.1) is 0 Å². The van der Waals surface area contributed by atoms with E-state index in [2.05, 4.69) is 22.3 Å². The van der Waals surface area contributed by atoms with Crippen molar-refractivity contribution in [3.8, 4) is 0 Å². The van der Waals surface area contributed by atoms with Crippen molar-refractivity contribution in [2.24, 2.45) is 0 Å². The zero-order valence-electron chi connectivity index (χ0n) is 9.79. The van der Waals surface area contributed by atoms with Crippen molar-refractivity contribution in [1.29, 1.82) is 0 Å². The van der Waals surface area contributed by atoms with Crippen LogP contribution in [0.3, 0.4) is 0 Å². The van der Waals surface area contributed by atoms with Crippen molar-refractivity contribution in [2.45, 2.75) is 10.8 Å². The molecule has 2 aliphatic heterocycles. The number of nitrogens with zero attached hydrogens (tertiary/aromatic N) is 1. The van der Waals surface area contributed by atoms with Gasteiger partial charge in [0.05, 0.1) is 0 Å². The van der Waals surface area contributed by atoms with Gasteiger partial charge in [0.2, 0.25) is 0 Å². The molecule has 17 heavy (non-hydrogen) atoms. The number of hydrogen-bond acceptors (Lipinski definition) is 3. The second kappa shape index (κ2) is 5.19. The van der Waals surface area contributed by atoms with Crippen molar-refractivity contribution in [3.63, 3.8) is 0 Å². The number of fused-ring (bicyclic) bond motifs is 1. The molecule has 2 nitrogen and oxygen atoms in total. The van der Waals surface area contributed by atoms with Gasteiger partial charge in [-0.15, -0.1) is 11.8 Å². The van der Waals surface area contributed by atoms with E-state index in [1.807, 2.05) is 17.8 Å². The number of benzene rings is 1. The Bertz CT molecular complexity index is 404. The number of thioether (sulfide) groups is 1. The predicted molar refractivity (Wildman–Crippen MR) is 74.2 cm³/mol. The van der Waals surface area contributed by atoms with Crippen LogP contribution in [-0.2, 0) is 0 Å². The monoisotopic (exact) mass is 268 g/mol. The first kappa shape index (κ1) is 11.8. The van der Waals surface area contributed by atoms with E-state index in [9.17, 15) is 0 Å². The van der Waals surface area contributed by atoms with Gasteiger partial charge >= 0.3 is 0 Å². The number of nitrogens with one attached hydrogen (secondary N) is 1. The molecule has 0 radical (unpaired) electrons. The zero-order chi connectivity index (χ0) is 11.7. The highest BCUT2D eigenvalue weighted by molar-refractivity contribution is 7.99. The Hall–Kier alpha value is -0.220. The van der Waals surface area contributed by atoms with E-state index in [4.69, 9.17) is 11.6 Å². The van der Waals surface area contributed by atoms with Crippen LogP contribution in [0.1, 0.15) is 11.5 Å². The minimum Gasteiger partial charge on any atom is -0.314 e. The summed E-state index contributed by atoms with van der Waals surface area (Å²) in [6, 6.07) is 6.28. The first-order valence-corrected chi connectivity index (χ1v) is 7.55. The molecule has 0 saturated carbocycles. The third kappa shape index (κ3) is 2.48. The molecule has 1 saturated heterocycles. The topological polar surface area (TPSA) is 15.3 Å². The molecule has 4 heteroatoms. The van der Waals surface area contributed by atoms with Gasteiger partial charge in [-0.25, -0.2) is 0 Å². The molecule has 92 valence electrons. The van der Waals surface area contributed by atoms with Gasteiger partial charge in [-0.3, -0.25) is 0 Å². The highest BCUT2D eigenvalue weighted by Crippen LogP contribution is 2.43. The zero-order valence-corrected chi connectivity index (χ0v) is 11.4. The van der Waals surface area contributed by atoms with Crippen LogP contribution in [0.25, 0.3) is 0 Å². The number of piperazine rings is 1. The summed E-state index contributed by atoms with van der Waals surface area (Å²) in [6.45, 7) is 5.73. The van der Waals surface area contributed by atoms with Crippen LogP contribution in [0.5, 0.6) is 0 Å². The van der Waals surface area contributed by atoms with Gasteiger partial charge in [-0.2, -0.15) is 0 Å². The number of halogens is 1. The summed E-state index contributed by atoms with van der Waals surface area (Å²) in [5.41, 5.74) is 1.39. The standard InChI is InChI=1S/C13H17ClN2S/c14-11-2-1-3-12-13(11)10(9-17-12)8-16-6-4-15-5-7-16/h1-3,10,15H,4-9H2. The maximum Gasteiger partial charge on any atom is 0.0452 e. The molecule has 1 atom stereocenters. The second-order valence-electron chi connectivity index (χ2n) is 4.71. The molecule has 1 fully saturated rings. The first-order chi connectivity index (χ1) is 8.34. The third-order valence-corrected chi connectivity index (χ3v) is 5.12. The highest BCUT2D eigenvalue weighted by atomic mass is 35.5. The number of rotatable bonds is 2. The van der Waals surface area contributed by atoms with E-state index in [0.29, 0.717) is 5.92 Å². The van der Waals surface area contributed by atoms with Gasteiger partial charge in [-0.1, -0.05) is 17.7 Å². The average Bonchev–Trinajstić information content (AvgIpc) is 2.75. The Morgan fingerprint density at radius 3 is 3.00 bits per heavy atom. The molecule has 3 rings (SSSR count). The Morgan fingerprint density at radius 2 is 2.18 bits per heavy atom. The lowest BCUT2D eigenvalue weighted by Crippen LogP contribution is -2.45. The minimum atomic E-state index is 0.613. The fourth-order valence-corrected chi connectivity index (χ4v) is 4.31. The van der Waals surface area contributed by atoms with Gasteiger partial charge in [-0.05, 0) is 17.7 Å². The van der Waals surface area contributed by atoms with Crippen LogP contribution in [-0.4, -0.2) is 43.4 Å². The molecular weight excluding hydrogens is 252 g/mol. The summed E-state index contributed by atoms with van der Waals surface area (Å²) < 4.78 is 0. The van der Waals surface area contributed by atoms with E-state index in [1.165, 1.54) is 29.3 Å². The molecular formula is C13H17ClN2S. The molecule has 0 spiro atoms. The summed E-state index contributed by atoms with van der Waals surface area (Å²) in [6.07, 6.45) is 0. The van der Waals surface area contributed by atoms with Crippen LogP contribution in [0.4, 0.5) is 0 Å². The maximum atomic E-state index is 6.34. The molecule has 0 amide bonds. The van der Waals surface area contributed by atoms with Gasteiger partial charge in [0, 0.05) is 54.3 Å². The van der Waals surface area contributed by atoms with Gasteiger partial charge in [0.15, 0.2) is 0 Å². The molecule has 0 bridgehead atoms. The second-order valence-corrected chi connectivity index (χ2v) is 6.18. The summed E-state index contributed by atoms with van der Waals surface area (Å²) in [4.78, 5) is 3.94. The Kier molecular flexibility index (Phi) is 3.61.